The number of nitro benzene ring substituents is 1. The second-order valence-electron chi connectivity index (χ2n) is 5.62. The Balaban J connectivity index is 2.02. The Kier molecular flexibility index (Phi) is 5.10. The number of aliphatic carboxylic acids is 1. The third kappa shape index (κ3) is 4.15. The molecule has 0 bridgehead atoms. The molecule has 23 heavy (non-hydrogen) atoms. The van der Waals surface area contributed by atoms with Gasteiger partial charge in [-0.2, -0.15) is 0 Å². The number of non-ortho nitro benzene ring substituents is 1. The van der Waals surface area contributed by atoms with Gasteiger partial charge in [0.15, 0.2) is 0 Å². The number of carboxylic acid groups (broad SMARTS) is 1. The van der Waals surface area contributed by atoms with Crippen LogP contribution >= 0.6 is 0 Å². The van der Waals surface area contributed by atoms with Crippen molar-refractivity contribution in [1.29, 1.82) is 0 Å². The first-order chi connectivity index (χ1) is 10.9. The van der Waals surface area contributed by atoms with Gasteiger partial charge in [-0.3, -0.25) is 14.9 Å². The van der Waals surface area contributed by atoms with Crippen molar-refractivity contribution in [3.63, 3.8) is 0 Å². The quantitative estimate of drug-likeness (QED) is 0.492. The molecule has 7 nitrogen and oxygen atoms in total. The Morgan fingerprint density at radius 3 is 2.30 bits per heavy atom. The van der Waals surface area contributed by atoms with Crippen LogP contribution in [0.1, 0.15) is 37.7 Å². The average Bonchev–Trinajstić information content (AvgIpc) is 2.54. The Bertz CT molecular complexity index is 630. The molecule has 0 saturated heterocycles. The number of nitro groups is 1. The van der Waals surface area contributed by atoms with E-state index in [-0.39, 0.29) is 5.69 Å². The van der Waals surface area contributed by atoms with Crippen LogP contribution in [0.2, 0.25) is 0 Å². The van der Waals surface area contributed by atoms with E-state index in [4.69, 9.17) is 0 Å². The van der Waals surface area contributed by atoms with E-state index in [2.05, 4.69) is 5.32 Å². The lowest BCUT2D eigenvalue weighted by Crippen LogP contribution is -2.55. The number of rotatable bonds is 5. The average molecular weight is 318 g/mol. The summed E-state index contributed by atoms with van der Waals surface area (Å²) in [5, 5.41) is 22.6. The Morgan fingerprint density at radius 1 is 1.17 bits per heavy atom. The number of carbonyl (C=O) groups is 2. The van der Waals surface area contributed by atoms with Crippen molar-refractivity contribution in [2.24, 2.45) is 0 Å². The third-order valence-corrected chi connectivity index (χ3v) is 4.01. The molecule has 1 aliphatic rings. The van der Waals surface area contributed by atoms with Gasteiger partial charge in [0, 0.05) is 18.2 Å². The number of carbonyl (C=O) groups excluding carboxylic acids is 1. The molecule has 1 aliphatic carbocycles. The summed E-state index contributed by atoms with van der Waals surface area (Å²) < 4.78 is 0. The first kappa shape index (κ1) is 16.7. The normalized spacial score (nSPS) is 16.9. The van der Waals surface area contributed by atoms with Crippen LogP contribution in [0.15, 0.2) is 30.3 Å². The molecule has 1 amide bonds. The van der Waals surface area contributed by atoms with Crippen LogP contribution in [0.4, 0.5) is 5.69 Å². The first-order valence-electron chi connectivity index (χ1n) is 7.41. The van der Waals surface area contributed by atoms with E-state index in [1.165, 1.54) is 36.4 Å². The molecular weight excluding hydrogens is 300 g/mol. The van der Waals surface area contributed by atoms with E-state index in [1.54, 1.807) is 0 Å². The summed E-state index contributed by atoms with van der Waals surface area (Å²) in [6.07, 6.45) is 6.14. The van der Waals surface area contributed by atoms with Gasteiger partial charge >= 0.3 is 5.97 Å². The molecule has 1 aromatic rings. The fourth-order valence-electron chi connectivity index (χ4n) is 2.70. The molecule has 0 aromatic heterocycles. The number of amides is 1. The standard InChI is InChI=1S/C16H18N2O5/c19-14(17-16(15(20)21)10-2-1-3-11-16)9-6-12-4-7-13(8-5-12)18(22)23/h4-9H,1-3,10-11H2,(H,17,19)(H,20,21). The molecule has 0 radical (unpaired) electrons. The third-order valence-electron chi connectivity index (χ3n) is 4.01. The number of benzene rings is 1. The number of carboxylic acids is 1. The Labute approximate surface area is 133 Å². The maximum atomic E-state index is 12.0. The van der Waals surface area contributed by atoms with Crippen LogP contribution in [-0.4, -0.2) is 27.4 Å². The summed E-state index contributed by atoms with van der Waals surface area (Å²) in [5.41, 5.74) is -0.591. The smallest absolute Gasteiger partial charge is 0.329 e. The molecule has 0 heterocycles. The fraction of sp³-hybridized carbons (Fsp3) is 0.375. The highest BCUT2D eigenvalue weighted by atomic mass is 16.6. The Hall–Kier alpha value is -2.70. The lowest BCUT2D eigenvalue weighted by molar-refractivity contribution is -0.384. The highest BCUT2D eigenvalue weighted by Crippen LogP contribution is 2.28. The molecule has 2 N–H and O–H groups in total. The zero-order valence-corrected chi connectivity index (χ0v) is 12.5. The fourth-order valence-corrected chi connectivity index (χ4v) is 2.70. The Morgan fingerprint density at radius 2 is 1.78 bits per heavy atom. The molecule has 2 rings (SSSR count). The molecule has 0 unspecified atom stereocenters. The van der Waals surface area contributed by atoms with Crippen molar-refractivity contribution in [3.05, 3.63) is 46.0 Å². The highest BCUT2D eigenvalue weighted by molar-refractivity contribution is 5.95. The van der Waals surface area contributed by atoms with Gasteiger partial charge in [0.05, 0.1) is 4.92 Å². The summed E-state index contributed by atoms with van der Waals surface area (Å²) in [7, 11) is 0. The SMILES string of the molecule is O=C(C=Cc1ccc([N+](=O)[O-])cc1)NC1(C(=O)O)CCCCC1. The zero-order valence-electron chi connectivity index (χ0n) is 12.5. The molecule has 122 valence electrons. The maximum absolute atomic E-state index is 12.0. The van der Waals surface area contributed by atoms with Gasteiger partial charge in [-0.25, -0.2) is 4.79 Å². The van der Waals surface area contributed by atoms with Crippen molar-refractivity contribution < 1.29 is 19.6 Å². The van der Waals surface area contributed by atoms with E-state index < -0.39 is 22.3 Å². The molecule has 7 heteroatoms. The molecule has 0 atom stereocenters. The molecule has 1 aromatic carbocycles. The molecule has 1 fully saturated rings. The first-order valence-corrected chi connectivity index (χ1v) is 7.41. The number of hydrogen-bond donors (Lipinski definition) is 2. The van der Waals surface area contributed by atoms with Gasteiger partial charge in [0.2, 0.25) is 5.91 Å². The van der Waals surface area contributed by atoms with Crippen molar-refractivity contribution in [3.8, 4) is 0 Å². The zero-order chi connectivity index (χ0) is 16.9. The topological polar surface area (TPSA) is 110 Å². The molecular formula is C16H18N2O5. The van der Waals surface area contributed by atoms with E-state index in [0.717, 1.165) is 19.3 Å². The minimum atomic E-state index is -1.19. The van der Waals surface area contributed by atoms with Gasteiger partial charge in [-0.05, 0) is 36.6 Å². The van der Waals surface area contributed by atoms with Gasteiger partial charge in [-0.15, -0.1) is 0 Å². The second-order valence-corrected chi connectivity index (χ2v) is 5.62. The van der Waals surface area contributed by atoms with Crippen molar-refractivity contribution >= 4 is 23.6 Å². The van der Waals surface area contributed by atoms with Crippen LogP contribution in [0.3, 0.4) is 0 Å². The largest absolute Gasteiger partial charge is 0.480 e. The lowest BCUT2D eigenvalue weighted by Gasteiger charge is -2.33. The van der Waals surface area contributed by atoms with Gasteiger partial charge in [0.1, 0.15) is 5.54 Å². The van der Waals surface area contributed by atoms with Gasteiger partial charge in [-0.1, -0.05) is 19.3 Å². The summed E-state index contributed by atoms with van der Waals surface area (Å²) in [6.45, 7) is 0. The van der Waals surface area contributed by atoms with Crippen LogP contribution < -0.4 is 5.32 Å². The van der Waals surface area contributed by atoms with E-state index >= 15 is 0 Å². The number of nitrogens with zero attached hydrogens (tertiary/aromatic N) is 1. The van der Waals surface area contributed by atoms with Crippen LogP contribution in [0.25, 0.3) is 6.08 Å². The maximum Gasteiger partial charge on any atom is 0.329 e. The summed E-state index contributed by atoms with van der Waals surface area (Å²) in [5.74, 6) is -1.48. The minimum absolute atomic E-state index is 0.0290. The minimum Gasteiger partial charge on any atom is -0.480 e. The number of hydrogen-bond acceptors (Lipinski definition) is 4. The summed E-state index contributed by atoms with van der Waals surface area (Å²) in [4.78, 5) is 33.6. The second kappa shape index (κ2) is 7.04. The van der Waals surface area contributed by atoms with Crippen LogP contribution in [-0.2, 0) is 9.59 Å². The highest BCUT2D eigenvalue weighted by Gasteiger charge is 2.40. The van der Waals surface area contributed by atoms with E-state index in [9.17, 15) is 24.8 Å². The predicted octanol–water partition coefficient (Wildman–Crippen LogP) is 2.51. The summed E-state index contributed by atoms with van der Waals surface area (Å²) >= 11 is 0. The van der Waals surface area contributed by atoms with E-state index in [1.807, 2.05) is 0 Å². The predicted molar refractivity (Wildman–Crippen MR) is 83.7 cm³/mol. The van der Waals surface area contributed by atoms with E-state index in [0.29, 0.717) is 18.4 Å². The molecule has 0 spiro atoms. The van der Waals surface area contributed by atoms with Crippen molar-refractivity contribution in [1.82, 2.24) is 5.32 Å². The molecule has 1 saturated carbocycles. The van der Waals surface area contributed by atoms with Crippen LogP contribution in [0.5, 0.6) is 0 Å². The summed E-state index contributed by atoms with van der Waals surface area (Å²) in [6, 6.07) is 5.74. The van der Waals surface area contributed by atoms with Gasteiger partial charge in [0.25, 0.3) is 5.69 Å². The van der Waals surface area contributed by atoms with Gasteiger partial charge < -0.3 is 10.4 Å². The van der Waals surface area contributed by atoms with Crippen molar-refractivity contribution in [2.45, 2.75) is 37.6 Å². The monoisotopic (exact) mass is 318 g/mol. The lowest BCUT2D eigenvalue weighted by atomic mass is 9.81. The van der Waals surface area contributed by atoms with Crippen LogP contribution in [0, 0.1) is 10.1 Å². The number of nitrogens with one attached hydrogen (secondary N) is 1. The molecule has 0 aliphatic heterocycles. The van der Waals surface area contributed by atoms with Crippen molar-refractivity contribution in [2.75, 3.05) is 0 Å².